The number of nitrogen functional groups attached to an aromatic ring is 1. The zero-order chi connectivity index (χ0) is 15.6. The van der Waals surface area contributed by atoms with Crippen LogP contribution in [0.2, 0.25) is 0 Å². The Kier molecular flexibility index (Phi) is 4.15. The fourth-order valence-corrected chi connectivity index (χ4v) is 4.04. The van der Waals surface area contributed by atoms with Crippen LogP contribution < -0.4 is 11.1 Å². The highest BCUT2D eigenvalue weighted by molar-refractivity contribution is 7.89. The largest absolute Gasteiger partial charge is 0.398 e. The molecule has 2 aromatic carbocycles. The van der Waals surface area contributed by atoms with E-state index < -0.39 is 10.0 Å². The number of nitrogens with one attached hydrogen (secondary N) is 1. The highest BCUT2D eigenvalue weighted by atomic mass is 32.2. The number of anilines is 1. The van der Waals surface area contributed by atoms with Crippen LogP contribution in [0.4, 0.5) is 5.69 Å². The van der Waals surface area contributed by atoms with Crippen molar-refractivity contribution in [1.29, 1.82) is 0 Å². The lowest BCUT2D eigenvalue weighted by Crippen LogP contribution is -2.46. The van der Waals surface area contributed by atoms with Crippen LogP contribution in [0.1, 0.15) is 0 Å². The fourth-order valence-electron chi connectivity index (χ4n) is 2.60. The smallest absolute Gasteiger partial charge is 0.243 e. The van der Waals surface area contributed by atoms with Gasteiger partial charge in [-0.3, -0.25) is 0 Å². The third-order valence-electron chi connectivity index (χ3n) is 3.84. The van der Waals surface area contributed by atoms with Gasteiger partial charge in [0, 0.05) is 37.4 Å². The first-order valence-electron chi connectivity index (χ1n) is 7.25. The second-order valence-corrected chi connectivity index (χ2v) is 7.20. The highest BCUT2D eigenvalue weighted by Gasteiger charge is 2.25. The zero-order valence-electron chi connectivity index (χ0n) is 12.2. The van der Waals surface area contributed by atoms with Crippen molar-refractivity contribution >= 4 is 15.7 Å². The topological polar surface area (TPSA) is 75.4 Å². The Morgan fingerprint density at radius 2 is 1.59 bits per heavy atom. The average molecular weight is 317 g/mol. The number of hydrogen-bond acceptors (Lipinski definition) is 4. The molecule has 116 valence electrons. The standard InChI is InChI=1S/C16H19N3O2S/c17-16-4-2-1-3-15(16)13-5-7-14(8-6-13)22(20,21)19-11-9-18-10-12-19/h1-8,18H,9-12,17H2. The van der Waals surface area contributed by atoms with E-state index >= 15 is 0 Å². The second kappa shape index (κ2) is 6.08. The SMILES string of the molecule is Nc1ccccc1-c1ccc(S(=O)(=O)N2CCNCC2)cc1. The molecule has 2 aromatic rings. The molecule has 5 nitrogen and oxygen atoms in total. The summed E-state index contributed by atoms with van der Waals surface area (Å²) >= 11 is 0. The van der Waals surface area contributed by atoms with E-state index in [1.807, 2.05) is 24.3 Å². The van der Waals surface area contributed by atoms with E-state index in [-0.39, 0.29) is 0 Å². The van der Waals surface area contributed by atoms with Crippen LogP contribution in [0.15, 0.2) is 53.4 Å². The summed E-state index contributed by atoms with van der Waals surface area (Å²) < 4.78 is 26.7. The Hall–Kier alpha value is -1.89. The summed E-state index contributed by atoms with van der Waals surface area (Å²) in [6.45, 7) is 2.40. The molecule has 0 radical (unpaired) electrons. The molecule has 1 heterocycles. The maximum Gasteiger partial charge on any atom is 0.243 e. The summed E-state index contributed by atoms with van der Waals surface area (Å²) in [7, 11) is -3.41. The number of nitrogens with zero attached hydrogens (tertiary/aromatic N) is 1. The minimum absolute atomic E-state index is 0.327. The molecule has 0 atom stereocenters. The van der Waals surface area contributed by atoms with Gasteiger partial charge in [-0.1, -0.05) is 30.3 Å². The van der Waals surface area contributed by atoms with Crippen molar-refractivity contribution in [1.82, 2.24) is 9.62 Å². The number of piperazine rings is 1. The van der Waals surface area contributed by atoms with Crippen LogP contribution in [0.3, 0.4) is 0 Å². The van der Waals surface area contributed by atoms with Crippen LogP contribution >= 0.6 is 0 Å². The first-order valence-corrected chi connectivity index (χ1v) is 8.69. The Labute approximate surface area is 130 Å². The van der Waals surface area contributed by atoms with Crippen LogP contribution in [0.25, 0.3) is 11.1 Å². The number of hydrogen-bond donors (Lipinski definition) is 2. The van der Waals surface area contributed by atoms with E-state index in [0.29, 0.717) is 36.8 Å². The van der Waals surface area contributed by atoms with Gasteiger partial charge in [0.1, 0.15) is 0 Å². The molecule has 0 amide bonds. The Morgan fingerprint density at radius 3 is 2.23 bits per heavy atom. The molecule has 22 heavy (non-hydrogen) atoms. The van der Waals surface area contributed by atoms with Crippen LogP contribution in [-0.4, -0.2) is 38.9 Å². The van der Waals surface area contributed by atoms with E-state index in [1.54, 1.807) is 24.3 Å². The van der Waals surface area contributed by atoms with Crippen LogP contribution in [-0.2, 0) is 10.0 Å². The van der Waals surface area contributed by atoms with Gasteiger partial charge in [-0.05, 0) is 23.8 Å². The summed E-state index contributed by atoms with van der Waals surface area (Å²) in [6.07, 6.45) is 0. The highest BCUT2D eigenvalue weighted by Crippen LogP contribution is 2.27. The molecular formula is C16H19N3O2S. The summed E-state index contributed by atoms with van der Waals surface area (Å²) in [6, 6.07) is 14.5. The first-order chi connectivity index (χ1) is 10.6. The van der Waals surface area contributed by atoms with E-state index in [1.165, 1.54) is 4.31 Å². The van der Waals surface area contributed by atoms with E-state index in [4.69, 9.17) is 5.73 Å². The van der Waals surface area contributed by atoms with Crippen molar-refractivity contribution in [2.45, 2.75) is 4.90 Å². The molecule has 1 fully saturated rings. The Balaban J connectivity index is 1.89. The van der Waals surface area contributed by atoms with E-state index in [2.05, 4.69) is 5.32 Å². The number of nitrogens with two attached hydrogens (primary N) is 1. The third-order valence-corrected chi connectivity index (χ3v) is 5.75. The molecule has 3 rings (SSSR count). The zero-order valence-corrected chi connectivity index (χ0v) is 13.0. The molecule has 0 aliphatic carbocycles. The molecule has 1 aliphatic rings. The monoisotopic (exact) mass is 317 g/mol. The summed E-state index contributed by atoms with van der Waals surface area (Å²) in [5.74, 6) is 0. The molecule has 0 spiro atoms. The lowest BCUT2D eigenvalue weighted by Gasteiger charge is -2.26. The lowest BCUT2D eigenvalue weighted by atomic mass is 10.0. The predicted molar refractivity (Wildman–Crippen MR) is 87.9 cm³/mol. The van der Waals surface area contributed by atoms with Gasteiger partial charge in [0.05, 0.1) is 4.90 Å². The summed E-state index contributed by atoms with van der Waals surface area (Å²) in [5.41, 5.74) is 8.47. The third kappa shape index (κ3) is 2.85. The quantitative estimate of drug-likeness (QED) is 0.842. The molecule has 0 unspecified atom stereocenters. The summed E-state index contributed by atoms with van der Waals surface area (Å²) in [5, 5.41) is 3.16. The normalized spacial score (nSPS) is 16.5. The van der Waals surface area contributed by atoms with Crippen LogP contribution in [0.5, 0.6) is 0 Å². The molecule has 0 bridgehead atoms. The minimum Gasteiger partial charge on any atom is -0.398 e. The van der Waals surface area contributed by atoms with Crippen molar-refractivity contribution in [3.8, 4) is 11.1 Å². The van der Waals surface area contributed by atoms with Gasteiger partial charge in [0.2, 0.25) is 10.0 Å². The average Bonchev–Trinajstić information content (AvgIpc) is 2.56. The molecule has 1 aliphatic heterocycles. The molecule has 6 heteroatoms. The Bertz CT molecular complexity index is 751. The van der Waals surface area contributed by atoms with Gasteiger partial charge in [-0.2, -0.15) is 4.31 Å². The van der Waals surface area contributed by atoms with Crippen LogP contribution in [0, 0.1) is 0 Å². The van der Waals surface area contributed by atoms with Gasteiger partial charge >= 0.3 is 0 Å². The molecule has 0 aromatic heterocycles. The van der Waals surface area contributed by atoms with Crippen molar-refractivity contribution in [3.63, 3.8) is 0 Å². The predicted octanol–water partition coefficient (Wildman–Crippen LogP) is 1.53. The lowest BCUT2D eigenvalue weighted by molar-refractivity contribution is 0.360. The number of rotatable bonds is 3. The van der Waals surface area contributed by atoms with Gasteiger partial charge in [0.25, 0.3) is 0 Å². The fraction of sp³-hybridized carbons (Fsp3) is 0.250. The number of para-hydroxylation sites is 1. The van der Waals surface area contributed by atoms with Gasteiger partial charge in [0.15, 0.2) is 0 Å². The molecule has 0 saturated carbocycles. The maximum absolute atomic E-state index is 12.6. The van der Waals surface area contributed by atoms with Crippen molar-refractivity contribution in [3.05, 3.63) is 48.5 Å². The molecule has 3 N–H and O–H groups in total. The molecular weight excluding hydrogens is 298 g/mol. The minimum atomic E-state index is -3.41. The van der Waals surface area contributed by atoms with E-state index in [9.17, 15) is 8.42 Å². The van der Waals surface area contributed by atoms with Gasteiger partial charge in [-0.25, -0.2) is 8.42 Å². The first kappa shape index (κ1) is 15.0. The van der Waals surface area contributed by atoms with Gasteiger partial charge < -0.3 is 11.1 Å². The Morgan fingerprint density at radius 1 is 0.955 bits per heavy atom. The maximum atomic E-state index is 12.6. The van der Waals surface area contributed by atoms with Gasteiger partial charge in [-0.15, -0.1) is 0 Å². The van der Waals surface area contributed by atoms with Crippen molar-refractivity contribution < 1.29 is 8.42 Å². The summed E-state index contributed by atoms with van der Waals surface area (Å²) in [4.78, 5) is 0.327. The number of benzene rings is 2. The van der Waals surface area contributed by atoms with Crippen molar-refractivity contribution in [2.24, 2.45) is 0 Å². The van der Waals surface area contributed by atoms with E-state index in [0.717, 1.165) is 11.1 Å². The van der Waals surface area contributed by atoms with Crippen molar-refractivity contribution in [2.75, 3.05) is 31.9 Å². The molecule has 1 saturated heterocycles. The number of sulfonamides is 1. The second-order valence-electron chi connectivity index (χ2n) is 5.27.